The maximum atomic E-state index is 11.4. The summed E-state index contributed by atoms with van der Waals surface area (Å²) in [5.41, 5.74) is 2.15. The van der Waals surface area contributed by atoms with Crippen molar-refractivity contribution in [1.29, 1.82) is 0 Å². The number of ether oxygens (including phenoxy) is 1. The van der Waals surface area contributed by atoms with Crippen LogP contribution >= 0.6 is 23.2 Å². The Morgan fingerprint density at radius 1 is 1.41 bits per heavy atom. The zero-order valence-corrected chi connectivity index (χ0v) is 10.7. The fourth-order valence-electron chi connectivity index (χ4n) is 1.64. The van der Waals surface area contributed by atoms with Gasteiger partial charge in [0.15, 0.2) is 0 Å². The van der Waals surface area contributed by atoms with Crippen molar-refractivity contribution >= 4 is 34.9 Å². The lowest BCUT2D eigenvalue weighted by molar-refractivity contribution is -0.135. The van der Waals surface area contributed by atoms with Gasteiger partial charge in [0.25, 0.3) is 0 Å². The molecule has 0 unspecified atom stereocenters. The van der Waals surface area contributed by atoms with E-state index in [0.29, 0.717) is 28.6 Å². The lowest BCUT2D eigenvalue weighted by Crippen LogP contribution is -2.05. The predicted octanol–water partition coefficient (Wildman–Crippen LogP) is 3.63. The first-order valence-electron chi connectivity index (χ1n) is 5.17. The molecule has 1 heterocycles. The van der Waals surface area contributed by atoms with Crippen LogP contribution in [0.25, 0.3) is 0 Å². The first kappa shape index (κ1) is 12.3. The second kappa shape index (κ2) is 4.98. The van der Waals surface area contributed by atoms with E-state index >= 15 is 0 Å². The van der Waals surface area contributed by atoms with E-state index < -0.39 is 0 Å². The first-order chi connectivity index (χ1) is 8.08. The van der Waals surface area contributed by atoms with Crippen molar-refractivity contribution in [2.75, 3.05) is 11.9 Å². The number of allylic oxidation sites excluding steroid dienone is 1. The first-order valence-corrected chi connectivity index (χ1v) is 5.92. The van der Waals surface area contributed by atoms with Crippen LogP contribution in [0.2, 0.25) is 10.0 Å². The second-order valence-electron chi connectivity index (χ2n) is 3.74. The number of carbonyl (C=O) groups is 1. The Morgan fingerprint density at radius 2 is 2.18 bits per heavy atom. The number of hydrogen-bond acceptors (Lipinski definition) is 3. The third-order valence-corrected chi connectivity index (χ3v) is 3.09. The topological polar surface area (TPSA) is 38.3 Å². The van der Waals surface area contributed by atoms with Gasteiger partial charge in [-0.15, -0.1) is 0 Å². The van der Waals surface area contributed by atoms with Crippen LogP contribution in [0.4, 0.5) is 5.69 Å². The molecule has 2 rings (SSSR count). The number of anilines is 1. The van der Waals surface area contributed by atoms with Gasteiger partial charge >= 0.3 is 5.97 Å². The molecule has 1 N–H and O–H groups in total. The molecule has 1 aromatic carbocycles. The fraction of sp³-hybridized carbons (Fsp3) is 0.250. The Bertz CT molecular complexity index is 497. The van der Waals surface area contributed by atoms with Crippen LogP contribution in [-0.2, 0) is 9.53 Å². The van der Waals surface area contributed by atoms with Crippen molar-refractivity contribution in [2.45, 2.75) is 13.3 Å². The third kappa shape index (κ3) is 2.73. The maximum Gasteiger partial charge on any atom is 0.335 e. The summed E-state index contributed by atoms with van der Waals surface area (Å²) in [4.78, 5) is 11.4. The summed E-state index contributed by atoms with van der Waals surface area (Å²) < 4.78 is 4.88. The van der Waals surface area contributed by atoms with Crippen LogP contribution in [0.15, 0.2) is 29.5 Å². The average Bonchev–Trinajstić information content (AvgIpc) is 2.68. The highest BCUT2D eigenvalue weighted by molar-refractivity contribution is 6.36. The van der Waals surface area contributed by atoms with Gasteiger partial charge in [-0.05, 0) is 25.1 Å². The Kier molecular flexibility index (Phi) is 3.60. The van der Waals surface area contributed by atoms with Crippen LogP contribution < -0.4 is 5.32 Å². The summed E-state index contributed by atoms with van der Waals surface area (Å²) >= 11 is 11.8. The molecular formula is C12H11Cl2NO2. The molecule has 0 amide bonds. The number of carbonyl (C=O) groups excluding carboxylic acids is 1. The zero-order valence-electron chi connectivity index (χ0n) is 9.22. The van der Waals surface area contributed by atoms with Gasteiger partial charge in [-0.3, -0.25) is 0 Å². The summed E-state index contributed by atoms with van der Waals surface area (Å²) in [5, 5.41) is 4.19. The minimum Gasteiger partial charge on any atom is -0.462 e. The highest BCUT2D eigenvalue weighted by atomic mass is 35.5. The molecule has 0 aliphatic carbocycles. The summed E-state index contributed by atoms with van der Waals surface area (Å²) in [7, 11) is 0. The monoisotopic (exact) mass is 271 g/mol. The highest BCUT2D eigenvalue weighted by Gasteiger charge is 2.21. The average molecular weight is 272 g/mol. The number of rotatable bonds is 2. The molecule has 0 atom stereocenters. The third-order valence-electron chi connectivity index (χ3n) is 2.54. The number of nitrogens with one attached hydrogen (secondary N) is 1. The number of halogens is 2. The van der Waals surface area contributed by atoms with E-state index in [1.807, 2.05) is 6.92 Å². The summed E-state index contributed by atoms with van der Waals surface area (Å²) in [6.07, 6.45) is 0.628. The smallest absolute Gasteiger partial charge is 0.335 e. The SMILES string of the molecule is C/C(Nc1ccc(Cl)cc1Cl)=C1/CCOC1=O. The fourth-order valence-corrected chi connectivity index (χ4v) is 2.10. The van der Waals surface area contributed by atoms with E-state index in [9.17, 15) is 4.79 Å². The van der Waals surface area contributed by atoms with E-state index in [2.05, 4.69) is 5.32 Å². The number of esters is 1. The molecule has 0 saturated carbocycles. The number of cyclic esters (lactones) is 1. The second-order valence-corrected chi connectivity index (χ2v) is 4.58. The molecule has 1 saturated heterocycles. The van der Waals surface area contributed by atoms with Gasteiger partial charge in [0.05, 0.1) is 22.9 Å². The van der Waals surface area contributed by atoms with Crippen molar-refractivity contribution in [3.63, 3.8) is 0 Å². The van der Waals surface area contributed by atoms with Crippen LogP contribution in [0.1, 0.15) is 13.3 Å². The minimum absolute atomic E-state index is 0.264. The predicted molar refractivity (Wildman–Crippen MR) is 68.4 cm³/mol. The number of benzene rings is 1. The van der Waals surface area contributed by atoms with Crippen molar-refractivity contribution in [2.24, 2.45) is 0 Å². The number of hydrogen-bond donors (Lipinski definition) is 1. The van der Waals surface area contributed by atoms with Gasteiger partial charge in [-0.25, -0.2) is 4.79 Å². The quantitative estimate of drug-likeness (QED) is 0.660. The molecule has 0 radical (unpaired) electrons. The molecule has 1 aromatic rings. The van der Waals surface area contributed by atoms with Gasteiger partial charge in [0, 0.05) is 17.1 Å². The summed E-state index contributed by atoms with van der Waals surface area (Å²) in [5.74, 6) is -0.264. The van der Waals surface area contributed by atoms with Crippen molar-refractivity contribution < 1.29 is 9.53 Å². The largest absolute Gasteiger partial charge is 0.462 e. The highest BCUT2D eigenvalue weighted by Crippen LogP contribution is 2.28. The van der Waals surface area contributed by atoms with Crippen LogP contribution in [0, 0.1) is 0 Å². The van der Waals surface area contributed by atoms with Gasteiger partial charge < -0.3 is 10.1 Å². The van der Waals surface area contributed by atoms with E-state index in [-0.39, 0.29) is 5.97 Å². The van der Waals surface area contributed by atoms with E-state index in [0.717, 1.165) is 11.4 Å². The van der Waals surface area contributed by atoms with Crippen molar-refractivity contribution in [1.82, 2.24) is 0 Å². The molecule has 1 fully saturated rings. The lowest BCUT2D eigenvalue weighted by atomic mass is 10.2. The van der Waals surface area contributed by atoms with Gasteiger partial charge in [0.1, 0.15) is 0 Å². The Labute approximate surface area is 109 Å². The molecule has 0 aromatic heterocycles. The maximum absolute atomic E-state index is 11.4. The molecule has 1 aliphatic rings. The van der Waals surface area contributed by atoms with Crippen molar-refractivity contribution in [3.05, 3.63) is 39.5 Å². The van der Waals surface area contributed by atoms with Gasteiger partial charge in [-0.2, -0.15) is 0 Å². The summed E-state index contributed by atoms with van der Waals surface area (Å²) in [6.45, 7) is 2.27. The van der Waals surface area contributed by atoms with E-state index in [1.165, 1.54) is 0 Å². The molecule has 90 valence electrons. The molecule has 5 heteroatoms. The molecule has 17 heavy (non-hydrogen) atoms. The van der Waals surface area contributed by atoms with Gasteiger partial charge in [0.2, 0.25) is 0 Å². The standard InChI is InChI=1S/C12H11Cl2NO2/c1-7(9-4-5-17-12(9)16)15-11-3-2-8(13)6-10(11)14/h2-3,6,15H,4-5H2,1H3/b9-7+. The Hall–Kier alpha value is -1.19. The zero-order chi connectivity index (χ0) is 12.4. The van der Waals surface area contributed by atoms with E-state index in [4.69, 9.17) is 27.9 Å². The molecule has 1 aliphatic heterocycles. The Morgan fingerprint density at radius 3 is 2.76 bits per heavy atom. The molecule has 0 spiro atoms. The molecule has 0 bridgehead atoms. The van der Waals surface area contributed by atoms with Crippen LogP contribution in [0.3, 0.4) is 0 Å². The Balaban J connectivity index is 2.23. The van der Waals surface area contributed by atoms with Crippen LogP contribution in [-0.4, -0.2) is 12.6 Å². The lowest BCUT2D eigenvalue weighted by Gasteiger charge is -2.10. The normalized spacial score (nSPS) is 17.9. The minimum atomic E-state index is -0.264. The van der Waals surface area contributed by atoms with Crippen molar-refractivity contribution in [3.8, 4) is 0 Å². The van der Waals surface area contributed by atoms with E-state index in [1.54, 1.807) is 18.2 Å². The van der Waals surface area contributed by atoms with Crippen LogP contribution in [0.5, 0.6) is 0 Å². The molecular weight excluding hydrogens is 261 g/mol. The molecule has 3 nitrogen and oxygen atoms in total. The summed E-state index contributed by atoms with van der Waals surface area (Å²) in [6, 6.07) is 5.16. The van der Waals surface area contributed by atoms with Gasteiger partial charge in [-0.1, -0.05) is 23.2 Å².